The fourth-order valence-corrected chi connectivity index (χ4v) is 3.74. The highest BCUT2D eigenvalue weighted by atomic mass is 19.4. The second kappa shape index (κ2) is 8.09. The predicted molar refractivity (Wildman–Crippen MR) is 116 cm³/mol. The second-order valence-electron chi connectivity index (χ2n) is 7.65. The highest BCUT2D eigenvalue weighted by Gasteiger charge is 2.31. The van der Waals surface area contributed by atoms with Gasteiger partial charge in [-0.2, -0.15) is 18.2 Å². The summed E-state index contributed by atoms with van der Waals surface area (Å²) >= 11 is 0. The maximum atomic E-state index is 13.2. The van der Waals surface area contributed by atoms with Crippen molar-refractivity contribution in [3.63, 3.8) is 0 Å². The monoisotopic (exact) mass is 431 g/mol. The maximum absolute atomic E-state index is 13.2. The van der Waals surface area contributed by atoms with Crippen molar-refractivity contribution in [3.8, 4) is 0 Å². The Labute approximate surface area is 177 Å². The van der Waals surface area contributed by atoms with E-state index in [1.807, 2.05) is 6.07 Å². The van der Waals surface area contributed by atoms with Gasteiger partial charge >= 0.3 is 6.18 Å². The number of anilines is 4. The van der Waals surface area contributed by atoms with Crippen LogP contribution in [0.5, 0.6) is 0 Å². The summed E-state index contributed by atoms with van der Waals surface area (Å²) in [7, 11) is 1.70. The zero-order valence-corrected chi connectivity index (χ0v) is 17.3. The first-order valence-corrected chi connectivity index (χ1v) is 10.1. The number of aromatic nitrogens is 3. The van der Waals surface area contributed by atoms with E-state index in [4.69, 9.17) is 5.73 Å². The molecule has 0 amide bonds. The van der Waals surface area contributed by atoms with E-state index in [9.17, 15) is 13.2 Å². The third kappa shape index (κ3) is 4.42. The van der Waals surface area contributed by atoms with Gasteiger partial charge in [-0.1, -0.05) is 0 Å². The lowest BCUT2D eigenvalue weighted by molar-refractivity contribution is -0.137. The Morgan fingerprint density at radius 2 is 1.84 bits per heavy atom. The minimum absolute atomic E-state index is 0.0578. The van der Waals surface area contributed by atoms with E-state index in [1.165, 1.54) is 6.07 Å². The van der Waals surface area contributed by atoms with Gasteiger partial charge in [0.2, 0.25) is 5.95 Å². The van der Waals surface area contributed by atoms with Gasteiger partial charge in [0, 0.05) is 31.2 Å². The van der Waals surface area contributed by atoms with Crippen molar-refractivity contribution in [2.75, 3.05) is 41.4 Å². The molecule has 31 heavy (non-hydrogen) atoms. The van der Waals surface area contributed by atoms with Gasteiger partial charge in [-0.3, -0.25) is 0 Å². The van der Waals surface area contributed by atoms with Gasteiger partial charge in [-0.15, -0.1) is 0 Å². The number of alkyl halides is 3. The molecule has 10 heteroatoms. The van der Waals surface area contributed by atoms with Crippen LogP contribution in [-0.4, -0.2) is 35.1 Å². The molecule has 1 fully saturated rings. The molecule has 1 aliphatic rings. The second-order valence-corrected chi connectivity index (χ2v) is 7.65. The van der Waals surface area contributed by atoms with Crippen LogP contribution in [0.2, 0.25) is 0 Å². The molecule has 4 rings (SSSR count). The molecule has 1 aromatic carbocycles. The van der Waals surface area contributed by atoms with Crippen LogP contribution in [0.15, 0.2) is 30.5 Å². The molecule has 4 N–H and O–H groups in total. The van der Waals surface area contributed by atoms with Gasteiger partial charge in [0.1, 0.15) is 11.6 Å². The first kappa shape index (κ1) is 21.0. The maximum Gasteiger partial charge on any atom is 0.416 e. The Bertz CT molecular complexity index is 1090. The number of hydrogen-bond acceptors (Lipinski definition) is 7. The predicted octanol–water partition coefficient (Wildman–Crippen LogP) is 4.44. The number of benzene rings is 1. The molecule has 0 spiro atoms. The number of nitrogens with one attached hydrogen (secondary N) is 2. The summed E-state index contributed by atoms with van der Waals surface area (Å²) in [6, 6.07) is 5.02. The summed E-state index contributed by atoms with van der Waals surface area (Å²) in [6.45, 7) is 3.65. The first-order chi connectivity index (χ1) is 14.7. The number of nitrogens with zero attached hydrogens (tertiary/aromatic N) is 4. The van der Waals surface area contributed by atoms with Gasteiger partial charge in [0.25, 0.3) is 0 Å². The molecule has 1 saturated heterocycles. The van der Waals surface area contributed by atoms with Crippen molar-refractivity contribution >= 4 is 34.2 Å². The largest absolute Gasteiger partial charge is 0.416 e. The van der Waals surface area contributed by atoms with Crippen LogP contribution in [-0.2, 0) is 6.18 Å². The standard InChI is InChI=1S/C21H24F3N7/c1-12(13-7-14(21(22,23)24)9-15(25)8-13)28-19-16-10-18(31-5-3-4-6-31)27-11-17(16)29-20(26-2)30-19/h7-12H,3-6,25H2,1-2H3,(H2,26,28,29,30). The number of nitrogen functional groups attached to an aromatic ring is 1. The lowest BCUT2D eigenvalue weighted by atomic mass is 10.0. The average Bonchev–Trinajstić information content (AvgIpc) is 3.27. The van der Waals surface area contributed by atoms with Crippen molar-refractivity contribution in [1.82, 2.24) is 15.0 Å². The summed E-state index contributed by atoms with van der Waals surface area (Å²) in [6.07, 6.45) is -0.535. The topological polar surface area (TPSA) is 92.0 Å². The molecule has 3 heterocycles. The first-order valence-electron chi connectivity index (χ1n) is 10.1. The number of fused-ring (bicyclic) bond motifs is 1. The molecular formula is C21H24F3N7. The van der Waals surface area contributed by atoms with Crippen molar-refractivity contribution < 1.29 is 13.2 Å². The summed E-state index contributed by atoms with van der Waals surface area (Å²) in [4.78, 5) is 15.7. The van der Waals surface area contributed by atoms with Crippen molar-refractivity contribution in [2.45, 2.75) is 32.0 Å². The molecule has 0 saturated carbocycles. The zero-order valence-electron chi connectivity index (χ0n) is 17.3. The lowest BCUT2D eigenvalue weighted by Gasteiger charge is -2.20. The molecule has 1 aliphatic heterocycles. The molecule has 0 aliphatic carbocycles. The van der Waals surface area contributed by atoms with Gasteiger partial charge < -0.3 is 21.3 Å². The molecule has 7 nitrogen and oxygen atoms in total. The summed E-state index contributed by atoms with van der Waals surface area (Å²) in [5.41, 5.74) is 6.07. The number of nitrogens with two attached hydrogens (primary N) is 1. The van der Waals surface area contributed by atoms with Gasteiger partial charge in [-0.05, 0) is 49.6 Å². The fourth-order valence-electron chi connectivity index (χ4n) is 3.74. The third-order valence-electron chi connectivity index (χ3n) is 5.38. The average molecular weight is 431 g/mol. The van der Waals surface area contributed by atoms with Crippen LogP contribution in [0.4, 0.5) is 36.4 Å². The van der Waals surface area contributed by atoms with E-state index in [1.54, 1.807) is 20.2 Å². The van der Waals surface area contributed by atoms with Crippen LogP contribution in [0.3, 0.4) is 0 Å². The molecule has 164 valence electrons. The molecule has 2 aromatic heterocycles. The normalized spacial score (nSPS) is 15.3. The quantitative estimate of drug-likeness (QED) is 0.515. The highest BCUT2D eigenvalue weighted by molar-refractivity contribution is 5.91. The van der Waals surface area contributed by atoms with E-state index >= 15 is 0 Å². The van der Waals surface area contributed by atoms with Gasteiger partial charge in [0.05, 0.1) is 23.3 Å². The Kier molecular flexibility index (Phi) is 5.47. The van der Waals surface area contributed by atoms with Crippen molar-refractivity contribution in [3.05, 3.63) is 41.6 Å². The van der Waals surface area contributed by atoms with E-state index in [-0.39, 0.29) is 5.69 Å². The summed E-state index contributed by atoms with van der Waals surface area (Å²) in [5.74, 6) is 1.74. The van der Waals surface area contributed by atoms with Crippen LogP contribution in [0.25, 0.3) is 10.9 Å². The third-order valence-corrected chi connectivity index (χ3v) is 5.38. The molecule has 1 atom stereocenters. The highest BCUT2D eigenvalue weighted by Crippen LogP contribution is 2.34. The summed E-state index contributed by atoms with van der Waals surface area (Å²) < 4.78 is 39.7. The molecular weight excluding hydrogens is 407 g/mol. The van der Waals surface area contributed by atoms with Crippen LogP contribution in [0.1, 0.15) is 36.9 Å². The Hall–Kier alpha value is -3.30. The van der Waals surface area contributed by atoms with Gasteiger partial charge in [-0.25, -0.2) is 9.97 Å². The van der Waals surface area contributed by atoms with Crippen LogP contribution in [0, 0.1) is 0 Å². The van der Waals surface area contributed by atoms with E-state index in [0.717, 1.165) is 49.3 Å². The molecule has 0 radical (unpaired) electrons. The van der Waals surface area contributed by atoms with Gasteiger partial charge in [0.15, 0.2) is 0 Å². The van der Waals surface area contributed by atoms with Crippen molar-refractivity contribution in [1.29, 1.82) is 0 Å². The number of hydrogen-bond donors (Lipinski definition) is 3. The molecule has 1 unspecified atom stereocenters. The van der Waals surface area contributed by atoms with Crippen LogP contribution >= 0.6 is 0 Å². The molecule has 3 aromatic rings. The Morgan fingerprint density at radius 3 is 2.52 bits per heavy atom. The fraction of sp³-hybridized carbons (Fsp3) is 0.381. The Morgan fingerprint density at radius 1 is 1.10 bits per heavy atom. The summed E-state index contributed by atoms with van der Waals surface area (Å²) in [5, 5.41) is 6.90. The minimum atomic E-state index is -4.47. The van der Waals surface area contributed by atoms with E-state index in [0.29, 0.717) is 22.8 Å². The number of halogens is 3. The molecule has 0 bridgehead atoms. The van der Waals surface area contributed by atoms with Crippen molar-refractivity contribution in [2.24, 2.45) is 0 Å². The van der Waals surface area contributed by atoms with Crippen LogP contribution < -0.4 is 21.3 Å². The number of rotatable bonds is 5. The van der Waals surface area contributed by atoms with E-state index in [2.05, 4.69) is 30.5 Å². The lowest BCUT2D eigenvalue weighted by Crippen LogP contribution is -2.19. The minimum Gasteiger partial charge on any atom is -0.399 e. The zero-order chi connectivity index (χ0) is 22.2. The van der Waals surface area contributed by atoms with E-state index < -0.39 is 17.8 Å². The smallest absolute Gasteiger partial charge is 0.399 e. The number of pyridine rings is 1. The SMILES string of the molecule is CNc1nc(NC(C)c2cc(N)cc(C(F)(F)F)c2)c2cc(N3CCCC3)ncc2n1. The Balaban J connectivity index is 1.72.